The maximum atomic E-state index is 12.2. The Morgan fingerprint density at radius 1 is 1.22 bits per heavy atom. The van der Waals surface area contributed by atoms with E-state index < -0.39 is 0 Å². The van der Waals surface area contributed by atoms with Crippen LogP contribution in [0.3, 0.4) is 0 Å². The molecule has 2 heterocycles. The molecule has 8 heteroatoms. The van der Waals surface area contributed by atoms with Gasteiger partial charge in [0.15, 0.2) is 0 Å². The quantitative estimate of drug-likeness (QED) is 0.710. The maximum Gasteiger partial charge on any atom is 0.256 e. The number of nitrogens with one attached hydrogen (secondary N) is 1. The van der Waals surface area contributed by atoms with Crippen molar-refractivity contribution in [2.24, 2.45) is 0 Å². The van der Waals surface area contributed by atoms with Crippen molar-refractivity contribution in [2.45, 2.75) is 33.9 Å². The van der Waals surface area contributed by atoms with Crippen molar-refractivity contribution >= 4 is 28.8 Å². The van der Waals surface area contributed by atoms with Gasteiger partial charge in [0, 0.05) is 21.7 Å². The molecule has 0 bridgehead atoms. The van der Waals surface area contributed by atoms with Crippen LogP contribution in [0.5, 0.6) is 0 Å². The predicted molar refractivity (Wildman–Crippen MR) is 107 cm³/mol. The molecule has 1 amide bonds. The van der Waals surface area contributed by atoms with Gasteiger partial charge in [0.2, 0.25) is 5.91 Å². The number of hydrogen-bond donors (Lipinski definition) is 1. The second-order valence-electron chi connectivity index (χ2n) is 6.17. The first-order chi connectivity index (χ1) is 12.9. The van der Waals surface area contributed by atoms with Gasteiger partial charge in [0.1, 0.15) is 11.6 Å². The lowest BCUT2D eigenvalue weighted by molar-refractivity contribution is -0.121. The van der Waals surface area contributed by atoms with Gasteiger partial charge >= 0.3 is 0 Å². The molecule has 27 heavy (non-hydrogen) atoms. The maximum absolute atomic E-state index is 12.2. The van der Waals surface area contributed by atoms with Crippen LogP contribution in [0.25, 0.3) is 10.6 Å². The van der Waals surface area contributed by atoms with Gasteiger partial charge in [-0.15, -0.1) is 11.3 Å². The highest BCUT2D eigenvalue weighted by Gasteiger charge is 2.13. The molecule has 2 aromatic heterocycles. The second kappa shape index (κ2) is 8.02. The zero-order chi connectivity index (χ0) is 19.6. The minimum atomic E-state index is -0.255. The number of amides is 1. The lowest BCUT2D eigenvalue weighted by Crippen LogP contribution is -2.33. The van der Waals surface area contributed by atoms with E-state index in [0.29, 0.717) is 22.8 Å². The fourth-order valence-electron chi connectivity index (χ4n) is 2.52. The van der Waals surface area contributed by atoms with Crippen molar-refractivity contribution in [3.8, 4) is 10.6 Å². The minimum Gasteiger partial charge on any atom is -0.350 e. The summed E-state index contributed by atoms with van der Waals surface area (Å²) >= 11 is 7.73. The van der Waals surface area contributed by atoms with Crippen molar-refractivity contribution in [1.29, 1.82) is 0 Å². The minimum absolute atomic E-state index is 0.0673. The van der Waals surface area contributed by atoms with E-state index in [0.717, 1.165) is 21.1 Å². The van der Waals surface area contributed by atoms with Gasteiger partial charge in [0.25, 0.3) is 5.56 Å². The van der Waals surface area contributed by atoms with Crippen LogP contribution in [-0.4, -0.2) is 20.4 Å². The number of nitrogens with zero attached hydrogens (tertiary/aromatic N) is 3. The molecular weight excluding hydrogens is 384 g/mol. The standard InChI is InChI=1S/C19H19ClN4O2S/c1-11-12(2)22-10-24(19(11)26)9-17(25)21-8-16-13(3)23-18(27-16)14-6-4-5-7-15(14)20/h4-7,10H,8-9H2,1-3H3,(H,21,25). The molecule has 3 aromatic rings. The van der Waals surface area contributed by atoms with Crippen LogP contribution in [0.1, 0.15) is 21.8 Å². The number of aryl methyl sites for hydroxylation is 2. The highest BCUT2D eigenvalue weighted by Crippen LogP contribution is 2.32. The first-order valence-electron chi connectivity index (χ1n) is 8.37. The Morgan fingerprint density at radius 2 is 1.96 bits per heavy atom. The van der Waals surface area contributed by atoms with Gasteiger partial charge < -0.3 is 5.32 Å². The third-order valence-electron chi connectivity index (χ3n) is 4.27. The van der Waals surface area contributed by atoms with Gasteiger partial charge in [0.05, 0.1) is 23.6 Å². The Balaban J connectivity index is 1.69. The molecule has 6 nitrogen and oxygen atoms in total. The van der Waals surface area contributed by atoms with Crippen molar-refractivity contribution in [3.05, 3.63) is 67.8 Å². The van der Waals surface area contributed by atoms with Crippen LogP contribution in [0.4, 0.5) is 0 Å². The highest BCUT2D eigenvalue weighted by molar-refractivity contribution is 7.15. The molecule has 0 unspecified atom stereocenters. The van der Waals surface area contributed by atoms with Crippen LogP contribution < -0.4 is 10.9 Å². The Labute approximate surface area is 165 Å². The summed E-state index contributed by atoms with van der Waals surface area (Å²) in [7, 11) is 0. The summed E-state index contributed by atoms with van der Waals surface area (Å²) in [6, 6.07) is 7.53. The van der Waals surface area contributed by atoms with E-state index >= 15 is 0 Å². The fourth-order valence-corrected chi connectivity index (χ4v) is 3.84. The molecular formula is C19H19ClN4O2S. The number of benzene rings is 1. The summed E-state index contributed by atoms with van der Waals surface area (Å²) in [5.41, 5.74) is 2.74. The molecule has 0 saturated carbocycles. The average Bonchev–Trinajstić information content (AvgIpc) is 3.01. The number of thiazole rings is 1. The van der Waals surface area contributed by atoms with Gasteiger partial charge in [-0.2, -0.15) is 0 Å². The van der Waals surface area contributed by atoms with E-state index in [1.165, 1.54) is 22.2 Å². The van der Waals surface area contributed by atoms with E-state index in [1.54, 1.807) is 13.8 Å². The van der Waals surface area contributed by atoms with E-state index in [-0.39, 0.29) is 18.0 Å². The summed E-state index contributed by atoms with van der Waals surface area (Å²) in [4.78, 5) is 34.0. The smallest absolute Gasteiger partial charge is 0.256 e. The van der Waals surface area contributed by atoms with Crippen molar-refractivity contribution < 1.29 is 4.79 Å². The fraction of sp³-hybridized carbons (Fsp3) is 0.263. The van der Waals surface area contributed by atoms with Crippen LogP contribution >= 0.6 is 22.9 Å². The molecule has 0 spiro atoms. The molecule has 1 N–H and O–H groups in total. The monoisotopic (exact) mass is 402 g/mol. The first-order valence-corrected chi connectivity index (χ1v) is 9.57. The number of halogens is 1. The molecule has 3 rings (SSSR count). The molecule has 0 aliphatic carbocycles. The normalized spacial score (nSPS) is 10.8. The van der Waals surface area contributed by atoms with Crippen molar-refractivity contribution in [2.75, 3.05) is 0 Å². The molecule has 0 saturated heterocycles. The van der Waals surface area contributed by atoms with Gasteiger partial charge in [-0.05, 0) is 26.8 Å². The van der Waals surface area contributed by atoms with E-state index in [9.17, 15) is 9.59 Å². The average molecular weight is 403 g/mol. The van der Waals surface area contributed by atoms with Crippen LogP contribution in [0, 0.1) is 20.8 Å². The van der Waals surface area contributed by atoms with Gasteiger partial charge in [-0.1, -0.05) is 29.8 Å². The summed E-state index contributed by atoms with van der Waals surface area (Å²) < 4.78 is 1.31. The lowest BCUT2D eigenvalue weighted by Gasteiger charge is -2.08. The third-order valence-corrected chi connectivity index (χ3v) is 5.79. The van der Waals surface area contributed by atoms with E-state index in [4.69, 9.17) is 11.6 Å². The molecule has 0 radical (unpaired) electrons. The van der Waals surface area contributed by atoms with Crippen molar-refractivity contribution in [1.82, 2.24) is 19.9 Å². The topological polar surface area (TPSA) is 76.9 Å². The molecule has 0 aliphatic heterocycles. The predicted octanol–water partition coefficient (Wildman–Crippen LogP) is 3.26. The number of carbonyl (C=O) groups excluding carboxylic acids is 1. The summed E-state index contributed by atoms with van der Waals surface area (Å²) in [6.07, 6.45) is 1.40. The number of hydrogen-bond acceptors (Lipinski definition) is 5. The first kappa shape index (κ1) is 19.3. The second-order valence-corrected chi connectivity index (χ2v) is 7.66. The highest BCUT2D eigenvalue weighted by atomic mass is 35.5. The van der Waals surface area contributed by atoms with Gasteiger partial charge in [-0.25, -0.2) is 9.97 Å². The molecule has 140 valence electrons. The number of carbonyl (C=O) groups is 1. The van der Waals surface area contributed by atoms with Crippen molar-refractivity contribution in [3.63, 3.8) is 0 Å². The zero-order valence-corrected chi connectivity index (χ0v) is 16.8. The molecule has 0 aliphatic rings. The van der Waals surface area contributed by atoms with Gasteiger partial charge in [-0.3, -0.25) is 14.2 Å². The largest absolute Gasteiger partial charge is 0.350 e. The summed E-state index contributed by atoms with van der Waals surface area (Å²) in [6.45, 7) is 5.65. The van der Waals surface area contributed by atoms with Crippen LogP contribution in [-0.2, 0) is 17.9 Å². The zero-order valence-electron chi connectivity index (χ0n) is 15.2. The lowest BCUT2D eigenvalue weighted by atomic mass is 10.2. The Bertz CT molecular complexity index is 1060. The molecule has 1 aromatic carbocycles. The number of rotatable bonds is 5. The summed E-state index contributed by atoms with van der Waals surface area (Å²) in [5.74, 6) is -0.255. The van der Waals surface area contributed by atoms with E-state index in [2.05, 4.69) is 15.3 Å². The van der Waals surface area contributed by atoms with Crippen LogP contribution in [0.2, 0.25) is 5.02 Å². The SMILES string of the molecule is Cc1nc(-c2ccccc2Cl)sc1CNC(=O)Cn1cnc(C)c(C)c1=O. The van der Waals surface area contributed by atoms with E-state index in [1.807, 2.05) is 31.2 Å². The molecule has 0 fully saturated rings. The van der Waals surface area contributed by atoms with Crippen LogP contribution in [0.15, 0.2) is 35.4 Å². The number of aromatic nitrogens is 3. The Kier molecular flexibility index (Phi) is 5.72. The Hall–Kier alpha value is -2.51. The Morgan fingerprint density at radius 3 is 2.70 bits per heavy atom. The summed E-state index contributed by atoms with van der Waals surface area (Å²) in [5, 5.41) is 4.30. The molecule has 0 atom stereocenters. The third kappa shape index (κ3) is 4.26.